The molecule has 178 valence electrons. The number of anilines is 1. The van der Waals surface area contributed by atoms with Gasteiger partial charge in [-0.3, -0.25) is 9.59 Å². The smallest absolute Gasteiger partial charge is 0.271 e. The maximum absolute atomic E-state index is 13.0. The Morgan fingerprint density at radius 2 is 1.46 bits per heavy atom. The van der Waals surface area contributed by atoms with Gasteiger partial charge in [0.2, 0.25) is 0 Å². The second-order valence-corrected chi connectivity index (χ2v) is 8.96. The Labute approximate surface area is 214 Å². The van der Waals surface area contributed by atoms with Gasteiger partial charge < -0.3 is 4.90 Å². The Morgan fingerprint density at radius 3 is 2.22 bits per heavy atom. The number of benzene rings is 5. The minimum atomic E-state index is -0.293. The second kappa shape index (κ2) is 9.55. The van der Waals surface area contributed by atoms with Crippen LogP contribution in [0.15, 0.2) is 120 Å². The summed E-state index contributed by atoms with van der Waals surface area (Å²) in [7, 11) is 0. The zero-order chi connectivity index (χ0) is 25.2. The van der Waals surface area contributed by atoms with Gasteiger partial charge in [0.05, 0.1) is 18.4 Å². The van der Waals surface area contributed by atoms with E-state index in [1.165, 1.54) is 0 Å². The Kier molecular flexibility index (Phi) is 5.79. The lowest BCUT2D eigenvalue weighted by Gasteiger charge is -2.18. The summed E-state index contributed by atoms with van der Waals surface area (Å²) in [4.78, 5) is 27.4. The lowest BCUT2D eigenvalue weighted by Crippen LogP contribution is -2.26. The first-order valence-corrected chi connectivity index (χ1v) is 12.1. The van der Waals surface area contributed by atoms with Crippen molar-refractivity contribution in [2.45, 2.75) is 6.54 Å². The van der Waals surface area contributed by atoms with Crippen molar-refractivity contribution in [3.63, 3.8) is 0 Å². The molecule has 6 rings (SSSR count). The third kappa shape index (κ3) is 4.39. The van der Waals surface area contributed by atoms with Crippen LogP contribution in [0.4, 0.5) is 5.69 Å². The molecule has 0 saturated carbocycles. The van der Waals surface area contributed by atoms with Crippen LogP contribution in [0.5, 0.6) is 0 Å². The van der Waals surface area contributed by atoms with Crippen LogP contribution in [0.3, 0.4) is 0 Å². The summed E-state index contributed by atoms with van der Waals surface area (Å²) in [6.45, 7) is 0.436. The summed E-state index contributed by atoms with van der Waals surface area (Å²) in [6.07, 6.45) is 1.62. The molecule has 5 nitrogen and oxygen atoms in total. The molecule has 1 aliphatic rings. The van der Waals surface area contributed by atoms with E-state index in [9.17, 15) is 9.59 Å². The highest BCUT2D eigenvalue weighted by molar-refractivity contribution is 6.24. The monoisotopic (exact) mass is 481 g/mol. The summed E-state index contributed by atoms with van der Waals surface area (Å²) in [5.41, 5.74) is 8.84. The third-order valence-corrected chi connectivity index (χ3v) is 6.60. The number of nitrogens with zero attached hydrogens (tertiary/aromatic N) is 2. The molecule has 0 atom stereocenters. The highest BCUT2D eigenvalue weighted by atomic mass is 16.2. The van der Waals surface area contributed by atoms with Crippen LogP contribution in [0.25, 0.3) is 21.9 Å². The van der Waals surface area contributed by atoms with Crippen LogP contribution < -0.4 is 10.3 Å². The van der Waals surface area contributed by atoms with Gasteiger partial charge in [0.25, 0.3) is 11.8 Å². The highest BCUT2D eigenvalue weighted by Gasteiger charge is 2.29. The van der Waals surface area contributed by atoms with Crippen molar-refractivity contribution in [1.29, 1.82) is 0 Å². The molecule has 37 heavy (non-hydrogen) atoms. The summed E-state index contributed by atoms with van der Waals surface area (Å²) in [6, 6.07) is 37.2. The number of rotatable bonds is 6. The van der Waals surface area contributed by atoms with Crippen molar-refractivity contribution in [2.75, 3.05) is 4.90 Å². The fraction of sp³-hybridized carbons (Fsp3) is 0.0312. The molecule has 5 aromatic carbocycles. The van der Waals surface area contributed by atoms with Gasteiger partial charge in [-0.2, -0.15) is 5.10 Å². The molecule has 0 aliphatic carbocycles. The molecule has 1 heterocycles. The van der Waals surface area contributed by atoms with E-state index in [0.29, 0.717) is 12.1 Å². The number of hydrogen-bond donors (Lipinski definition) is 1. The van der Waals surface area contributed by atoms with Crippen LogP contribution >= 0.6 is 0 Å². The zero-order valence-electron chi connectivity index (χ0n) is 20.0. The van der Waals surface area contributed by atoms with Crippen molar-refractivity contribution in [1.82, 2.24) is 5.43 Å². The van der Waals surface area contributed by atoms with Crippen molar-refractivity contribution >= 4 is 34.5 Å². The first kappa shape index (κ1) is 22.4. The Balaban J connectivity index is 1.09. The molecule has 1 N–H and O–H groups in total. The maximum Gasteiger partial charge on any atom is 0.271 e. The van der Waals surface area contributed by atoms with E-state index in [1.54, 1.807) is 23.2 Å². The first-order valence-electron chi connectivity index (χ1n) is 12.1. The zero-order valence-corrected chi connectivity index (χ0v) is 20.0. The van der Waals surface area contributed by atoms with Crippen LogP contribution in [-0.2, 0) is 6.54 Å². The number of hydrogen-bond acceptors (Lipinski definition) is 3. The van der Waals surface area contributed by atoms with Crippen LogP contribution in [0.1, 0.15) is 31.8 Å². The SMILES string of the molecule is O=C(NN=Cc1ccc(-c2ccccc2)cc1)c1ccc(CN2C(=O)c3cccc4cccc2c34)cc1. The average Bonchev–Trinajstić information content (AvgIpc) is 3.22. The minimum absolute atomic E-state index is 0.000224. The van der Waals surface area contributed by atoms with Crippen LogP contribution in [-0.4, -0.2) is 18.0 Å². The van der Waals surface area contributed by atoms with Crippen molar-refractivity contribution < 1.29 is 9.59 Å². The van der Waals surface area contributed by atoms with E-state index in [-0.39, 0.29) is 11.8 Å². The lowest BCUT2D eigenvalue weighted by atomic mass is 10.0. The number of amides is 2. The standard InChI is InChI=1S/C32H23N3O2/c36-31(34-33-20-22-12-16-25(17-13-22)24-6-2-1-3-7-24)27-18-14-23(15-19-27)21-35-29-11-5-9-26-8-4-10-28(30(26)29)32(35)37/h1-20H,21H2,(H,34,36). The lowest BCUT2D eigenvalue weighted by molar-refractivity contribution is 0.0953. The minimum Gasteiger partial charge on any atom is -0.303 e. The predicted octanol–water partition coefficient (Wildman–Crippen LogP) is 6.43. The van der Waals surface area contributed by atoms with Gasteiger partial charge in [-0.15, -0.1) is 0 Å². The van der Waals surface area contributed by atoms with E-state index in [2.05, 4.69) is 22.7 Å². The molecule has 0 spiro atoms. The summed E-state index contributed by atoms with van der Waals surface area (Å²) in [5.74, 6) is -0.294. The van der Waals surface area contributed by atoms with Gasteiger partial charge in [-0.05, 0) is 51.9 Å². The number of carbonyl (C=O) groups is 2. The summed E-state index contributed by atoms with van der Waals surface area (Å²) < 4.78 is 0. The topological polar surface area (TPSA) is 61.8 Å². The maximum atomic E-state index is 13.0. The molecular weight excluding hydrogens is 458 g/mol. The van der Waals surface area contributed by atoms with E-state index in [4.69, 9.17) is 0 Å². The molecule has 5 heteroatoms. The summed E-state index contributed by atoms with van der Waals surface area (Å²) in [5, 5.41) is 6.16. The Hall–Kier alpha value is -5.03. The van der Waals surface area contributed by atoms with Gasteiger partial charge in [-0.1, -0.05) is 91.0 Å². The molecule has 2 amide bonds. The van der Waals surface area contributed by atoms with Gasteiger partial charge >= 0.3 is 0 Å². The van der Waals surface area contributed by atoms with Crippen LogP contribution in [0, 0.1) is 0 Å². The molecule has 0 bridgehead atoms. The Morgan fingerprint density at radius 1 is 0.757 bits per heavy atom. The van der Waals surface area contributed by atoms with E-state index >= 15 is 0 Å². The molecule has 0 aromatic heterocycles. The molecule has 0 radical (unpaired) electrons. The van der Waals surface area contributed by atoms with Crippen molar-refractivity contribution in [3.05, 3.63) is 138 Å². The van der Waals surface area contributed by atoms with Gasteiger partial charge in [-0.25, -0.2) is 5.43 Å². The molecule has 0 unspecified atom stereocenters. The largest absolute Gasteiger partial charge is 0.303 e. The third-order valence-electron chi connectivity index (χ3n) is 6.60. The van der Waals surface area contributed by atoms with E-state index < -0.39 is 0 Å². The fourth-order valence-corrected chi connectivity index (χ4v) is 4.70. The molecular formula is C32H23N3O2. The normalized spacial score (nSPS) is 12.4. The number of carbonyl (C=O) groups excluding carboxylic acids is 2. The fourth-order valence-electron chi connectivity index (χ4n) is 4.70. The molecule has 0 saturated heterocycles. The average molecular weight is 482 g/mol. The number of nitrogens with one attached hydrogen (secondary N) is 1. The van der Waals surface area contributed by atoms with Crippen molar-refractivity contribution in [3.8, 4) is 11.1 Å². The summed E-state index contributed by atoms with van der Waals surface area (Å²) >= 11 is 0. The van der Waals surface area contributed by atoms with Crippen molar-refractivity contribution in [2.24, 2.45) is 5.10 Å². The van der Waals surface area contributed by atoms with Gasteiger partial charge in [0.1, 0.15) is 0 Å². The van der Waals surface area contributed by atoms with Crippen LogP contribution in [0.2, 0.25) is 0 Å². The highest BCUT2D eigenvalue weighted by Crippen LogP contribution is 2.38. The molecule has 1 aliphatic heterocycles. The predicted molar refractivity (Wildman–Crippen MR) is 148 cm³/mol. The molecule has 5 aromatic rings. The van der Waals surface area contributed by atoms with E-state index in [1.807, 2.05) is 91.0 Å². The quantitative estimate of drug-likeness (QED) is 0.224. The molecule has 0 fully saturated rings. The van der Waals surface area contributed by atoms with Gasteiger partial charge in [0, 0.05) is 16.5 Å². The van der Waals surface area contributed by atoms with E-state index in [0.717, 1.165) is 44.3 Å². The first-order chi connectivity index (χ1) is 18.2. The second-order valence-electron chi connectivity index (χ2n) is 8.96. The Bertz CT molecular complexity index is 1640. The van der Waals surface area contributed by atoms with Gasteiger partial charge in [0.15, 0.2) is 0 Å². The number of hydrazone groups is 1.